The quantitative estimate of drug-likeness (QED) is 0.575. The van der Waals surface area contributed by atoms with Crippen LogP contribution >= 0.6 is 0 Å². The first-order chi connectivity index (χ1) is 7.80. The lowest BCUT2D eigenvalue weighted by Gasteiger charge is -2.19. The number of aryl methyl sites for hydroxylation is 2. The van der Waals surface area contributed by atoms with E-state index in [2.05, 4.69) is 0 Å². The molecule has 98 valence electrons. The largest absolute Gasteiger partial charge is 0.439 e. The standard InChI is InChI=1S/C10H14O3.C2H6O2/c1-7-4-5-8(2)9(6-7)13-10(3,11)12;3-1-2-4/h4-6,11-12H,1-3H3;3-4H,1-2H2. The minimum Gasteiger partial charge on any atom is -0.439 e. The van der Waals surface area contributed by atoms with Crippen LogP contribution in [0.5, 0.6) is 5.75 Å². The molecular formula is C12H20O5. The van der Waals surface area contributed by atoms with Gasteiger partial charge in [0.05, 0.1) is 13.2 Å². The van der Waals surface area contributed by atoms with Crippen LogP contribution in [0.1, 0.15) is 18.1 Å². The van der Waals surface area contributed by atoms with Gasteiger partial charge in [0.25, 0.3) is 0 Å². The fourth-order valence-corrected chi connectivity index (χ4v) is 1.03. The zero-order valence-electron chi connectivity index (χ0n) is 10.3. The maximum atomic E-state index is 9.02. The van der Waals surface area contributed by atoms with Crippen molar-refractivity contribution in [2.45, 2.75) is 26.7 Å². The number of hydrogen-bond acceptors (Lipinski definition) is 5. The van der Waals surface area contributed by atoms with Gasteiger partial charge >= 0.3 is 5.97 Å². The zero-order valence-corrected chi connectivity index (χ0v) is 10.3. The molecule has 1 aromatic carbocycles. The summed E-state index contributed by atoms with van der Waals surface area (Å²) < 4.78 is 4.92. The molecule has 0 radical (unpaired) electrons. The normalized spacial score (nSPS) is 10.5. The summed E-state index contributed by atoms with van der Waals surface area (Å²) in [6.07, 6.45) is 0. The van der Waals surface area contributed by atoms with E-state index in [-0.39, 0.29) is 13.2 Å². The second-order valence-corrected chi connectivity index (χ2v) is 3.75. The molecule has 4 N–H and O–H groups in total. The van der Waals surface area contributed by atoms with Crippen LogP contribution in [0.4, 0.5) is 0 Å². The molecule has 0 fully saturated rings. The number of aliphatic hydroxyl groups excluding tert-OH is 2. The van der Waals surface area contributed by atoms with Gasteiger partial charge in [-0.2, -0.15) is 0 Å². The van der Waals surface area contributed by atoms with Crippen LogP contribution < -0.4 is 4.74 Å². The summed E-state index contributed by atoms with van der Waals surface area (Å²) in [5.41, 5.74) is 1.89. The Hall–Kier alpha value is -1.14. The lowest BCUT2D eigenvalue weighted by atomic mass is 10.1. The van der Waals surface area contributed by atoms with Crippen molar-refractivity contribution in [1.29, 1.82) is 0 Å². The molecular weight excluding hydrogens is 224 g/mol. The highest BCUT2D eigenvalue weighted by atomic mass is 16.8. The third kappa shape index (κ3) is 7.70. The first-order valence-corrected chi connectivity index (χ1v) is 5.23. The number of ether oxygens (including phenoxy) is 1. The number of rotatable bonds is 3. The molecule has 0 saturated carbocycles. The molecule has 17 heavy (non-hydrogen) atoms. The van der Waals surface area contributed by atoms with Crippen LogP contribution in [0.2, 0.25) is 0 Å². The average Bonchev–Trinajstić information content (AvgIpc) is 2.22. The van der Waals surface area contributed by atoms with Crippen molar-refractivity contribution in [3.8, 4) is 5.75 Å². The molecule has 1 aromatic rings. The smallest absolute Gasteiger partial charge is 0.318 e. The summed E-state index contributed by atoms with van der Waals surface area (Å²) in [7, 11) is 0. The molecule has 5 heteroatoms. The third-order valence-corrected chi connectivity index (χ3v) is 1.75. The average molecular weight is 244 g/mol. The Bertz CT molecular complexity index is 328. The van der Waals surface area contributed by atoms with Crippen molar-refractivity contribution in [1.82, 2.24) is 0 Å². The van der Waals surface area contributed by atoms with Gasteiger partial charge in [-0.1, -0.05) is 12.1 Å². The van der Waals surface area contributed by atoms with E-state index in [1.165, 1.54) is 6.92 Å². The van der Waals surface area contributed by atoms with Crippen LogP contribution in [-0.2, 0) is 0 Å². The molecule has 0 aliphatic carbocycles. The van der Waals surface area contributed by atoms with E-state index >= 15 is 0 Å². The number of hydrogen-bond donors (Lipinski definition) is 4. The summed E-state index contributed by atoms with van der Waals surface area (Å²) in [6.45, 7) is 4.69. The minimum absolute atomic E-state index is 0.125. The van der Waals surface area contributed by atoms with Crippen molar-refractivity contribution in [3.05, 3.63) is 29.3 Å². The Morgan fingerprint density at radius 2 is 1.65 bits per heavy atom. The number of benzene rings is 1. The summed E-state index contributed by atoms with van der Waals surface area (Å²) >= 11 is 0. The van der Waals surface area contributed by atoms with Crippen LogP contribution in [0, 0.1) is 13.8 Å². The van der Waals surface area contributed by atoms with Gasteiger partial charge in [-0.25, -0.2) is 0 Å². The predicted octanol–water partition coefficient (Wildman–Crippen LogP) is 0.312. The Morgan fingerprint density at radius 3 is 2.06 bits per heavy atom. The zero-order chi connectivity index (χ0) is 13.5. The van der Waals surface area contributed by atoms with Crippen LogP contribution in [0.25, 0.3) is 0 Å². The number of aliphatic hydroxyl groups is 4. The second kappa shape index (κ2) is 7.24. The third-order valence-electron chi connectivity index (χ3n) is 1.75. The molecule has 5 nitrogen and oxygen atoms in total. The van der Waals surface area contributed by atoms with Crippen molar-refractivity contribution in [2.24, 2.45) is 0 Å². The Labute approximate surface area is 101 Å². The topological polar surface area (TPSA) is 90.2 Å². The van der Waals surface area contributed by atoms with Crippen LogP contribution in [0.15, 0.2) is 18.2 Å². The summed E-state index contributed by atoms with van der Waals surface area (Å²) in [5.74, 6) is -1.62. The van der Waals surface area contributed by atoms with Crippen molar-refractivity contribution >= 4 is 0 Å². The van der Waals surface area contributed by atoms with E-state index < -0.39 is 5.97 Å². The van der Waals surface area contributed by atoms with Gasteiger partial charge < -0.3 is 25.2 Å². The Kier molecular flexibility index (Phi) is 6.75. The predicted molar refractivity (Wildman–Crippen MR) is 63.6 cm³/mol. The van der Waals surface area contributed by atoms with Gasteiger partial charge in [0.15, 0.2) is 0 Å². The van der Waals surface area contributed by atoms with Gasteiger partial charge in [-0.05, 0) is 31.0 Å². The Morgan fingerprint density at radius 1 is 1.12 bits per heavy atom. The van der Waals surface area contributed by atoms with Gasteiger partial charge in [0, 0.05) is 6.92 Å². The van der Waals surface area contributed by atoms with Gasteiger partial charge in [-0.3, -0.25) is 0 Å². The maximum absolute atomic E-state index is 9.02. The summed E-state index contributed by atoms with van der Waals surface area (Å²) in [6, 6.07) is 5.57. The molecule has 0 spiro atoms. The van der Waals surface area contributed by atoms with Gasteiger partial charge in [0.2, 0.25) is 0 Å². The van der Waals surface area contributed by atoms with E-state index in [4.69, 9.17) is 25.2 Å². The molecule has 0 saturated heterocycles. The molecule has 0 aliphatic heterocycles. The molecule has 0 atom stereocenters. The highest BCUT2D eigenvalue weighted by Crippen LogP contribution is 2.21. The monoisotopic (exact) mass is 244 g/mol. The molecule has 0 bridgehead atoms. The first kappa shape index (κ1) is 15.9. The van der Waals surface area contributed by atoms with E-state index in [0.29, 0.717) is 5.75 Å². The first-order valence-electron chi connectivity index (χ1n) is 5.23. The summed E-state index contributed by atoms with van der Waals surface area (Å²) in [4.78, 5) is 0. The van der Waals surface area contributed by atoms with Crippen LogP contribution in [-0.4, -0.2) is 39.6 Å². The van der Waals surface area contributed by atoms with Gasteiger partial charge in [-0.15, -0.1) is 0 Å². The Balaban J connectivity index is 0.000000557. The molecule has 0 aliphatic rings. The fraction of sp³-hybridized carbons (Fsp3) is 0.500. The van der Waals surface area contributed by atoms with Crippen molar-refractivity contribution in [2.75, 3.05) is 13.2 Å². The van der Waals surface area contributed by atoms with E-state index in [0.717, 1.165) is 11.1 Å². The summed E-state index contributed by atoms with van der Waals surface area (Å²) in [5, 5.41) is 33.3. The highest BCUT2D eigenvalue weighted by Gasteiger charge is 2.17. The fourth-order valence-electron chi connectivity index (χ4n) is 1.03. The van der Waals surface area contributed by atoms with Gasteiger partial charge in [0.1, 0.15) is 5.75 Å². The minimum atomic E-state index is -2.11. The SMILES string of the molecule is Cc1ccc(C)c(OC(C)(O)O)c1.OCCO. The maximum Gasteiger partial charge on any atom is 0.318 e. The molecule has 1 rings (SSSR count). The second-order valence-electron chi connectivity index (χ2n) is 3.75. The highest BCUT2D eigenvalue weighted by molar-refractivity contribution is 5.36. The van der Waals surface area contributed by atoms with Crippen molar-refractivity contribution < 1.29 is 25.2 Å². The molecule has 0 heterocycles. The van der Waals surface area contributed by atoms with E-state index in [1.54, 1.807) is 6.07 Å². The van der Waals surface area contributed by atoms with Crippen molar-refractivity contribution in [3.63, 3.8) is 0 Å². The lowest BCUT2D eigenvalue weighted by molar-refractivity contribution is -0.278. The molecule has 0 aromatic heterocycles. The lowest BCUT2D eigenvalue weighted by Crippen LogP contribution is -2.31. The van der Waals surface area contributed by atoms with Crippen LogP contribution in [0.3, 0.4) is 0 Å². The van der Waals surface area contributed by atoms with E-state index in [1.807, 2.05) is 26.0 Å². The molecule has 0 amide bonds. The van der Waals surface area contributed by atoms with E-state index in [9.17, 15) is 0 Å². The molecule has 0 unspecified atom stereocenters.